The number of amides is 1. The number of nitrogens with one attached hydrogen (secondary N) is 1. The van der Waals surface area contributed by atoms with E-state index in [0.29, 0.717) is 25.7 Å². The normalized spacial score (nSPS) is 19.8. The third kappa shape index (κ3) is 7.39. The molecule has 1 aromatic heterocycles. The zero-order valence-electron chi connectivity index (χ0n) is 12.9. The molecule has 0 atom stereocenters. The molecular formula is C16H22N2O5. The van der Waals surface area contributed by atoms with E-state index in [1.807, 2.05) is 12.1 Å². The molecule has 7 nitrogen and oxygen atoms in total. The SMILES string of the molecule is O=C(CCc1cccnc1)NC1CCC(C(=O)O)CC1.O=CO. The summed E-state index contributed by atoms with van der Waals surface area (Å²) < 4.78 is 0. The van der Waals surface area contributed by atoms with Gasteiger partial charge in [0.1, 0.15) is 0 Å². The molecule has 0 radical (unpaired) electrons. The number of aliphatic carboxylic acids is 1. The highest BCUT2D eigenvalue weighted by Crippen LogP contribution is 2.24. The lowest BCUT2D eigenvalue weighted by Gasteiger charge is -2.26. The van der Waals surface area contributed by atoms with E-state index in [4.69, 9.17) is 15.0 Å². The lowest BCUT2D eigenvalue weighted by molar-refractivity contribution is -0.142. The van der Waals surface area contributed by atoms with Crippen LogP contribution in [0.4, 0.5) is 0 Å². The van der Waals surface area contributed by atoms with E-state index in [0.717, 1.165) is 18.4 Å². The average molecular weight is 322 g/mol. The molecule has 1 aliphatic rings. The highest BCUT2D eigenvalue weighted by atomic mass is 16.4. The van der Waals surface area contributed by atoms with Crippen molar-refractivity contribution in [2.24, 2.45) is 5.92 Å². The zero-order chi connectivity index (χ0) is 17.1. The van der Waals surface area contributed by atoms with Crippen LogP contribution in [0.2, 0.25) is 0 Å². The standard InChI is InChI=1S/C15H20N2O3.CH2O2/c18-14(8-3-11-2-1-9-16-10-11)17-13-6-4-12(5-7-13)15(19)20;2-1-3/h1-2,9-10,12-13H,3-8H2,(H,17,18)(H,19,20);1H,(H,2,3). The predicted octanol–water partition coefficient (Wildman–Crippen LogP) is 1.47. The Kier molecular flexibility index (Phi) is 8.34. The molecule has 1 aromatic rings. The minimum Gasteiger partial charge on any atom is -0.483 e. The van der Waals surface area contributed by atoms with Crippen molar-refractivity contribution in [3.63, 3.8) is 0 Å². The van der Waals surface area contributed by atoms with Gasteiger partial charge in [0.15, 0.2) is 0 Å². The van der Waals surface area contributed by atoms with Gasteiger partial charge < -0.3 is 15.5 Å². The highest BCUT2D eigenvalue weighted by Gasteiger charge is 2.26. The van der Waals surface area contributed by atoms with Gasteiger partial charge in [-0.2, -0.15) is 0 Å². The first-order chi connectivity index (χ1) is 11.1. The van der Waals surface area contributed by atoms with Crippen LogP contribution in [0.1, 0.15) is 37.7 Å². The number of aryl methyl sites for hydroxylation is 1. The second kappa shape index (κ2) is 10.3. The number of rotatable bonds is 5. The van der Waals surface area contributed by atoms with Gasteiger partial charge in [-0.15, -0.1) is 0 Å². The maximum Gasteiger partial charge on any atom is 0.306 e. The molecule has 0 bridgehead atoms. The van der Waals surface area contributed by atoms with Crippen molar-refractivity contribution in [2.45, 2.75) is 44.6 Å². The van der Waals surface area contributed by atoms with Crippen LogP contribution in [0, 0.1) is 5.92 Å². The van der Waals surface area contributed by atoms with Crippen LogP contribution < -0.4 is 5.32 Å². The number of carboxylic acids is 1. The number of hydrogen-bond acceptors (Lipinski definition) is 4. The van der Waals surface area contributed by atoms with Crippen molar-refractivity contribution in [2.75, 3.05) is 0 Å². The van der Waals surface area contributed by atoms with Crippen molar-refractivity contribution >= 4 is 18.3 Å². The van der Waals surface area contributed by atoms with Gasteiger partial charge in [0.05, 0.1) is 5.92 Å². The lowest BCUT2D eigenvalue weighted by atomic mass is 9.86. The first-order valence-electron chi connectivity index (χ1n) is 7.55. The van der Waals surface area contributed by atoms with E-state index in [1.54, 1.807) is 12.4 Å². The van der Waals surface area contributed by atoms with Crippen LogP contribution in [0.5, 0.6) is 0 Å². The average Bonchev–Trinajstić information content (AvgIpc) is 2.55. The Labute approximate surface area is 134 Å². The largest absolute Gasteiger partial charge is 0.483 e. The molecular weight excluding hydrogens is 300 g/mol. The first kappa shape index (κ1) is 18.6. The van der Waals surface area contributed by atoms with Crippen molar-refractivity contribution < 1.29 is 24.6 Å². The molecule has 0 aliphatic heterocycles. The fraction of sp³-hybridized carbons (Fsp3) is 0.500. The molecule has 2 rings (SSSR count). The highest BCUT2D eigenvalue weighted by molar-refractivity contribution is 5.76. The van der Waals surface area contributed by atoms with E-state index in [9.17, 15) is 9.59 Å². The minimum absolute atomic E-state index is 0.0348. The molecule has 126 valence electrons. The molecule has 1 amide bonds. The van der Waals surface area contributed by atoms with Gasteiger partial charge in [0.2, 0.25) is 5.91 Å². The van der Waals surface area contributed by atoms with Crippen molar-refractivity contribution in [1.82, 2.24) is 10.3 Å². The first-order valence-corrected chi connectivity index (χ1v) is 7.55. The smallest absolute Gasteiger partial charge is 0.306 e. The molecule has 1 fully saturated rings. The fourth-order valence-electron chi connectivity index (χ4n) is 2.59. The van der Waals surface area contributed by atoms with Gasteiger partial charge >= 0.3 is 5.97 Å². The third-order valence-electron chi connectivity index (χ3n) is 3.81. The molecule has 0 aromatic carbocycles. The molecule has 23 heavy (non-hydrogen) atoms. The van der Waals surface area contributed by atoms with E-state index in [-0.39, 0.29) is 24.3 Å². The molecule has 0 unspecified atom stereocenters. The molecule has 7 heteroatoms. The van der Waals surface area contributed by atoms with E-state index in [2.05, 4.69) is 10.3 Å². The minimum atomic E-state index is -0.716. The Morgan fingerprint density at radius 1 is 1.30 bits per heavy atom. The Hall–Kier alpha value is -2.44. The van der Waals surface area contributed by atoms with Crippen molar-refractivity contribution in [1.29, 1.82) is 0 Å². The van der Waals surface area contributed by atoms with Gasteiger partial charge in [0.25, 0.3) is 6.47 Å². The van der Waals surface area contributed by atoms with Gasteiger partial charge in [-0.1, -0.05) is 6.07 Å². The zero-order valence-corrected chi connectivity index (χ0v) is 12.9. The number of hydrogen-bond donors (Lipinski definition) is 3. The summed E-state index contributed by atoms with van der Waals surface area (Å²) in [6.07, 6.45) is 7.45. The molecule has 1 aliphatic carbocycles. The van der Waals surface area contributed by atoms with Crippen LogP contribution in [0.3, 0.4) is 0 Å². The topological polar surface area (TPSA) is 117 Å². The van der Waals surface area contributed by atoms with Crippen LogP contribution in [0.15, 0.2) is 24.5 Å². The van der Waals surface area contributed by atoms with E-state index >= 15 is 0 Å². The van der Waals surface area contributed by atoms with E-state index < -0.39 is 5.97 Å². The number of carbonyl (C=O) groups is 3. The molecule has 0 saturated heterocycles. The quantitative estimate of drug-likeness (QED) is 0.707. The Morgan fingerprint density at radius 3 is 2.48 bits per heavy atom. The number of carboxylic acid groups (broad SMARTS) is 2. The number of carbonyl (C=O) groups excluding carboxylic acids is 1. The summed E-state index contributed by atoms with van der Waals surface area (Å²) in [7, 11) is 0. The summed E-state index contributed by atoms with van der Waals surface area (Å²) in [6, 6.07) is 3.95. The van der Waals surface area contributed by atoms with Crippen molar-refractivity contribution in [3.05, 3.63) is 30.1 Å². The monoisotopic (exact) mass is 322 g/mol. The Bertz CT molecular complexity index is 498. The maximum absolute atomic E-state index is 11.9. The third-order valence-corrected chi connectivity index (χ3v) is 3.81. The van der Waals surface area contributed by atoms with Gasteiger partial charge in [-0.25, -0.2) is 0 Å². The summed E-state index contributed by atoms with van der Waals surface area (Å²) in [4.78, 5) is 35.1. The van der Waals surface area contributed by atoms with Gasteiger partial charge in [0, 0.05) is 24.9 Å². The van der Waals surface area contributed by atoms with Crippen LogP contribution in [0.25, 0.3) is 0 Å². The maximum atomic E-state index is 11.9. The number of nitrogens with zero attached hydrogens (tertiary/aromatic N) is 1. The summed E-state index contributed by atoms with van der Waals surface area (Å²) in [5.41, 5.74) is 1.05. The van der Waals surface area contributed by atoms with Crippen molar-refractivity contribution in [3.8, 4) is 0 Å². The van der Waals surface area contributed by atoms with E-state index in [1.165, 1.54) is 0 Å². The second-order valence-electron chi connectivity index (χ2n) is 5.42. The number of aromatic nitrogens is 1. The summed E-state index contributed by atoms with van der Waals surface area (Å²) in [5, 5.41) is 18.8. The lowest BCUT2D eigenvalue weighted by Crippen LogP contribution is -2.38. The molecule has 0 spiro atoms. The summed E-state index contributed by atoms with van der Waals surface area (Å²) in [6.45, 7) is -0.250. The van der Waals surface area contributed by atoms with Crippen LogP contribution >= 0.6 is 0 Å². The van der Waals surface area contributed by atoms with Crippen LogP contribution in [-0.4, -0.2) is 39.6 Å². The molecule has 1 heterocycles. The number of pyridine rings is 1. The summed E-state index contributed by atoms with van der Waals surface area (Å²) >= 11 is 0. The van der Waals surface area contributed by atoms with Gasteiger partial charge in [-0.3, -0.25) is 19.4 Å². The predicted molar refractivity (Wildman–Crippen MR) is 82.8 cm³/mol. The van der Waals surface area contributed by atoms with Gasteiger partial charge in [-0.05, 0) is 43.7 Å². The fourth-order valence-corrected chi connectivity index (χ4v) is 2.59. The second-order valence-corrected chi connectivity index (χ2v) is 5.42. The Morgan fingerprint density at radius 2 is 1.96 bits per heavy atom. The summed E-state index contributed by atoms with van der Waals surface area (Å²) in [5.74, 6) is -0.919. The molecule has 1 saturated carbocycles. The molecule has 3 N–H and O–H groups in total. The Balaban J connectivity index is 0.000000816. The van der Waals surface area contributed by atoms with Crippen LogP contribution in [-0.2, 0) is 20.8 Å².